The van der Waals surface area contributed by atoms with Crippen LogP contribution in [-0.4, -0.2) is 35.8 Å². The van der Waals surface area contributed by atoms with Gasteiger partial charge in [0.05, 0.1) is 30.5 Å². The summed E-state index contributed by atoms with van der Waals surface area (Å²) in [4.78, 5) is 42.5. The molecule has 0 fully saturated rings. The lowest BCUT2D eigenvalue weighted by Crippen LogP contribution is -2.35. The number of anilines is 2. The largest absolute Gasteiger partial charge is 0.490 e. The molecule has 5 rings (SSSR count). The number of carbonyl (C=O) groups is 1. The van der Waals surface area contributed by atoms with Gasteiger partial charge in [0.2, 0.25) is 0 Å². The van der Waals surface area contributed by atoms with E-state index < -0.39 is 17.1 Å². The molecule has 8 nitrogen and oxygen atoms in total. The van der Waals surface area contributed by atoms with E-state index in [1.165, 1.54) is 11.7 Å². The molecule has 3 heterocycles. The summed E-state index contributed by atoms with van der Waals surface area (Å²) in [5.41, 5.74) is 1.22. The van der Waals surface area contributed by atoms with E-state index in [1.54, 1.807) is 18.2 Å². The second kappa shape index (κ2) is 7.44. The van der Waals surface area contributed by atoms with Crippen molar-refractivity contribution in [1.29, 1.82) is 0 Å². The molecular weight excluding hydrogens is 418 g/mol. The van der Waals surface area contributed by atoms with Crippen molar-refractivity contribution in [2.75, 3.05) is 25.2 Å². The number of hydrogen-bond donors (Lipinski definition) is 1. The zero-order chi connectivity index (χ0) is 21.5. The Morgan fingerprint density at radius 3 is 2.68 bits per heavy atom. The number of para-hydroxylation sites is 1. The number of carbonyl (C=O) groups excluding carboxylic acids is 1. The number of rotatable bonds is 3. The molecule has 0 spiro atoms. The average Bonchev–Trinajstić information content (AvgIpc) is 3.22. The Hall–Kier alpha value is -3.85. The molecule has 0 unspecified atom stereocenters. The molecule has 1 aliphatic heterocycles. The number of benzene rings is 2. The molecule has 2 aromatic heterocycles. The van der Waals surface area contributed by atoms with Crippen LogP contribution in [0, 0.1) is 0 Å². The van der Waals surface area contributed by atoms with Crippen LogP contribution in [0.1, 0.15) is 9.67 Å². The van der Waals surface area contributed by atoms with Crippen LogP contribution in [0.25, 0.3) is 16.0 Å². The van der Waals surface area contributed by atoms with Crippen LogP contribution >= 0.6 is 11.3 Å². The molecule has 0 amide bonds. The standard InChI is InChI=1S/C22H17N3O5S/c1-29-22(28)18-12-16-20(31-18)23-19(26)21(27)25(16)14-7-8-17-15(11-14)24(9-10-30-17)13-5-3-2-4-6-13/h2-8,11-12H,9-10H2,1H3,(H,23,26). The minimum Gasteiger partial charge on any atom is -0.490 e. The third-order valence-corrected chi connectivity index (χ3v) is 6.12. The number of aromatic nitrogens is 2. The normalized spacial score (nSPS) is 13.0. The summed E-state index contributed by atoms with van der Waals surface area (Å²) in [6.45, 7) is 1.18. The highest BCUT2D eigenvalue weighted by Gasteiger charge is 2.22. The monoisotopic (exact) mass is 435 g/mol. The Morgan fingerprint density at radius 2 is 1.90 bits per heavy atom. The molecule has 1 N–H and O–H groups in total. The highest BCUT2D eigenvalue weighted by molar-refractivity contribution is 7.20. The summed E-state index contributed by atoms with van der Waals surface area (Å²) in [6, 6.07) is 16.7. The molecule has 0 saturated heterocycles. The van der Waals surface area contributed by atoms with Crippen molar-refractivity contribution in [3.8, 4) is 11.4 Å². The van der Waals surface area contributed by atoms with Crippen LogP contribution in [0.2, 0.25) is 0 Å². The van der Waals surface area contributed by atoms with Crippen molar-refractivity contribution in [2.45, 2.75) is 0 Å². The van der Waals surface area contributed by atoms with Gasteiger partial charge in [-0.25, -0.2) is 4.79 Å². The molecule has 0 radical (unpaired) electrons. The van der Waals surface area contributed by atoms with E-state index in [2.05, 4.69) is 9.88 Å². The molecule has 0 aliphatic carbocycles. The lowest BCUT2D eigenvalue weighted by atomic mass is 10.1. The van der Waals surface area contributed by atoms with E-state index in [0.29, 0.717) is 39.8 Å². The van der Waals surface area contributed by atoms with Gasteiger partial charge in [-0.2, -0.15) is 0 Å². The second-order valence-electron chi connectivity index (χ2n) is 6.90. The molecule has 9 heteroatoms. The minimum absolute atomic E-state index is 0.291. The number of hydrogen-bond acceptors (Lipinski definition) is 7. The molecule has 2 aromatic carbocycles. The Kier molecular flexibility index (Phi) is 4.59. The fraction of sp³-hybridized carbons (Fsp3) is 0.136. The van der Waals surface area contributed by atoms with Gasteiger partial charge in [-0.3, -0.25) is 14.2 Å². The van der Waals surface area contributed by atoms with Crippen LogP contribution in [0.5, 0.6) is 5.75 Å². The van der Waals surface area contributed by atoms with E-state index >= 15 is 0 Å². The summed E-state index contributed by atoms with van der Waals surface area (Å²) in [7, 11) is 1.28. The summed E-state index contributed by atoms with van der Waals surface area (Å²) in [5.74, 6) is 0.156. The van der Waals surface area contributed by atoms with Crippen LogP contribution in [-0.2, 0) is 4.74 Å². The Balaban J connectivity index is 1.72. The number of esters is 1. The van der Waals surface area contributed by atoms with Crippen molar-refractivity contribution in [1.82, 2.24) is 9.55 Å². The fourth-order valence-electron chi connectivity index (χ4n) is 3.68. The first-order chi connectivity index (χ1) is 15.1. The fourth-order valence-corrected chi connectivity index (χ4v) is 4.64. The number of nitrogens with one attached hydrogen (secondary N) is 1. The van der Waals surface area contributed by atoms with Gasteiger partial charge in [0, 0.05) is 5.69 Å². The van der Waals surface area contributed by atoms with E-state index in [-0.39, 0.29) is 0 Å². The highest BCUT2D eigenvalue weighted by atomic mass is 32.1. The summed E-state index contributed by atoms with van der Waals surface area (Å²) in [6.07, 6.45) is 0. The first-order valence-corrected chi connectivity index (χ1v) is 10.4. The molecular formula is C22H17N3O5S. The van der Waals surface area contributed by atoms with Crippen molar-refractivity contribution in [3.63, 3.8) is 0 Å². The number of thiophene rings is 1. The van der Waals surface area contributed by atoms with Crippen molar-refractivity contribution >= 4 is 39.0 Å². The quantitative estimate of drug-likeness (QED) is 0.393. The zero-order valence-corrected chi connectivity index (χ0v) is 17.3. The Morgan fingerprint density at radius 1 is 1.10 bits per heavy atom. The predicted molar refractivity (Wildman–Crippen MR) is 118 cm³/mol. The summed E-state index contributed by atoms with van der Waals surface area (Å²) < 4.78 is 11.9. The maximum absolute atomic E-state index is 12.8. The maximum atomic E-state index is 12.8. The number of aromatic amines is 1. The SMILES string of the molecule is COC(=O)c1cc2c([nH]c(=O)c(=O)n2-c2ccc3c(c2)N(c2ccccc2)CCO3)s1. The smallest absolute Gasteiger partial charge is 0.348 e. The van der Waals surface area contributed by atoms with E-state index in [1.807, 2.05) is 36.4 Å². The van der Waals surface area contributed by atoms with E-state index in [9.17, 15) is 14.4 Å². The lowest BCUT2D eigenvalue weighted by molar-refractivity contribution is 0.0606. The number of nitrogens with zero attached hydrogens (tertiary/aromatic N) is 2. The van der Waals surface area contributed by atoms with Crippen LogP contribution in [0.4, 0.5) is 11.4 Å². The highest BCUT2D eigenvalue weighted by Crippen LogP contribution is 2.38. The van der Waals surface area contributed by atoms with Gasteiger partial charge in [-0.05, 0) is 36.4 Å². The first-order valence-electron chi connectivity index (χ1n) is 9.54. The molecule has 0 atom stereocenters. The molecule has 0 saturated carbocycles. The Bertz CT molecular complexity index is 1420. The van der Waals surface area contributed by atoms with Crippen molar-refractivity contribution < 1.29 is 14.3 Å². The van der Waals surface area contributed by atoms with E-state index in [0.717, 1.165) is 22.7 Å². The van der Waals surface area contributed by atoms with Gasteiger partial charge in [0.25, 0.3) is 0 Å². The maximum Gasteiger partial charge on any atom is 0.348 e. The van der Waals surface area contributed by atoms with Crippen molar-refractivity contribution in [3.05, 3.63) is 80.2 Å². The topological polar surface area (TPSA) is 93.6 Å². The van der Waals surface area contributed by atoms with Crippen molar-refractivity contribution in [2.24, 2.45) is 0 Å². The third-order valence-electron chi connectivity index (χ3n) is 5.10. The minimum atomic E-state index is -0.764. The number of fused-ring (bicyclic) bond motifs is 2. The second-order valence-corrected chi connectivity index (χ2v) is 7.95. The van der Waals surface area contributed by atoms with Gasteiger partial charge < -0.3 is 19.4 Å². The number of H-pyrrole nitrogens is 1. The molecule has 0 bridgehead atoms. The zero-order valence-electron chi connectivity index (χ0n) is 16.5. The summed E-state index contributed by atoms with van der Waals surface area (Å²) >= 11 is 1.06. The van der Waals surface area contributed by atoms with Crippen LogP contribution < -0.4 is 20.8 Å². The number of ether oxygens (including phenoxy) is 2. The van der Waals surface area contributed by atoms with Gasteiger partial charge in [-0.15, -0.1) is 11.3 Å². The number of methoxy groups -OCH3 is 1. The van der Waals surface area contributed by atoms with E-state index in [4.69, 9.17) is 9.47 Å². The molecule has 1 aliphatic rings. The third kappa shape index (κ3) is 3.19. The molecule has 4 aromatic rings. The Labute approximate surface area is 179 Å². The average molecular weight is 435 g/mol. The van der Waals surface area contributed by atoms with Crippen LogP contribution in [0.3, 0.4) is 0 Å². The molecule has 156 valence electrons. The predicted octanol–water partition coefficient (Wildman–Crippen LogP) is 3.06. The van der Waals surface area contributed by atoms with Gasteiger partial charge in [-0.1, -0.05) is 18.2 Å². The summed E-state index contributed by atoms with van der Waals surface area (Å²) in [5, 5.41) is 0. The molecule has 31 heavy (non-hydrogen) atoms. The van der Waals surface area contributed by atoms with Gasteiger partial charge >= 0.3 is 17.1 Å². The lowest BCUT2D eigenvalue weighted by Gasteiger charge is -2.31. The van der Waals surface area contributed by atoms with Gasteiger partial charge in [0.1, 0.15) is 22.1 Å². The van der Waals surface area contributed by atoms with Crippen LogP contribution in [0.15, 0.2) is 64.2 Å². The first kappa shape index (κ1) is 19.1. The van der Waals surface area contributed by atoms with Gasteiger partial charge in [0.15, 0.2) is 0 Å².